The fourth-order valence-corrected chi connectivity index (χ4v) is 5.23. The number of ketones is 1. The third-order valence-electron chi connectivity index (χ3n) is 6.84. The Balaban J connectivity index is 2.01. The van der Waals surface area contributed by atoms with Crippen molar-refractivity contribution >= 4 is 33.3 Å². The number of carbonyl (C=O) groups excluding carboxylic acids is 2. The maximum absolute atomic E-state index is 13.7. The van der Waals surface area contributed by atoms with Gasteiger partial charge in [0.2, 0.25) is 5.60 Å². The number of benzene rings is 1. The molecular weight excluding hydrogens is 596 g/mol. The Morgan fingerprint density at radius 3 is 2.29 bits per heavy atom. The molecule has 1 aliphatic heterocycles. The molecule has 0 aliphatic carbocycles. The van der Waals surface area contributed by atoms with E-state index in [0.29, 0.717) is 32.5 Å². The number of fused-ring (bicyclic) bond motifs is 1. The lowest BCUT2D eigenvalue weighted by Gasteiger charge is -2.36. The van der Waals surface area contributed by atoms with Gasteiger partial charge in [-0.05, 0) is 57.9 Å². The topological polar surface area (TPSA) is 115 Å². The number of hydrogen-bond acceptors (Lipinski definition) is 7. The Hall–Kier alpha value is -3.56. The Morgan fingerprint density at radius 2 is 1.71 bits per heavy atom. The molecule has 0 spiro atoms. The number of carbonyl (C=O) groups is 2. The number of rotatable bonds is 8. The SMILES string of the molecule is CC(=O)C(C)(C)CCC1CN(S(=O)(=O)c2cncc(C(F)(F)F)c2)c2cc(NC(=O)OC(C)(C)C(F)(F)F)ccc2O1. The second-order valence-electron chi connectivity index (χ2n) is 10.9. The van der Waals surface area contributed by atoms with Crippen molar-refractivity contribution in [2.45, 2.75) is 76.4 Å². The van der Waals surface area contributed by atoms with Crippen molar-refractivity contribution in [3.8, 4) is 5.75 Å². The minimum absolute atomic E-state index is 0.0371. The van der Waals surface area contributed by atoms with Gasteiger partial charge in [-0.3, -0.25) is 19.4 Å². The van der Waals surface area contributed by atoms with Gasteiger partial charge in [-0.15, -0.1) is 0 Å². The zero-order valence-electron chi connectivity index (χ0n) is 23.2. The molecule has 2 aromatic rings. The molecule has 0 saturated carbocycles. The molecule has 1 aromatic heterocycles. The standard InChI is InChI=1S/C26H29F6N3O6S/c1-15(36)23(2,3)9-8-18-14-35(42(38,39)19-10-16(12-33-13-19)25(27,28)29)20-11-17(6-7-21(20)40-18)34-22(37)41-24(4,5)26(30,31)32/h6-7,10-13,18H,8-9,14H2,1-5H3,(H,34,37). The smallest absolute Gasteiger partial charge is 0.427 e. The number of alkyl halides is 6. The van der Waals surface area contributed by atoms with Crippen LogP contribution < -0.4 is 14.4 Å². The molecule has 1 aromatic carbocycles. The monoisotopic (exact) mass is 625 g/mol. The molecule has 1 aliphatic rings. The van der Waals surface area contributed by atoms with Crippen molar-refractivity contribution in [3.63, 3.8) is 0 Å². The van der Waals surface area contributed by atoms with Crippen LogP contribution in [0.25, 0.3) is 0 Å². The van der Waals surface area contributed by atoms with Crippen LogP contribution in [0.3, 0.4) is 0 Å². The average molecular weight is 626 g/mol. The lowest BCUT2D eigenvalue weighted by molar-refractivity contribution is -0.242. The summed E-state index contributed by atoms with van der Waals surface area (Å²) in [6, 6.07) is 3.96. The maximum atomic E-state index is 13.7. The minimum Gasteiger partial charge on any atom is -0.486 e. The molecule has 0 fully saturated rings. The van der Waals surface area contributed by atoms with Crippen LogP contribution in [0.15, 0.2) is 41.6 Å². The zero-order valence-corrected chi connectivity index (χ0v) is 24.0. The van der Waals surface area contributed by atoms with Crippen LogP contribution in [0, 0.1) is 5.41 Å². The summed E-state index contributed by atoms with van der Waals surface area (Å²) in [5.41, 5.74) is -5.30. The molecule has 1 atom stereocenters. The van der Waals surface area contributed by atoms with Gasteiger partial charge >= 0.3 is 18.4 Å². The average Bonchev–Trinajstić information content (AvgIpc) is 2.85. The lowest BCUT2D eigenvalue weighted by Crippen LogP contribution is -2.44. The fourth-order valence-electron chi connectivity index (χ4n) is 3.74. The Morgan fingerprint density at radius 1 is 1.07 bits per heavy atom. The summed E-state index contributed by atoms with van der Waals surface area (Å²) >= 11 is 0. The molecule has 1 unspecified atom stereocenters. The van der Waals surface area contributed by atoms with Crippen LogP contribution in [0.1, 0.15) is 53.0 Å². The molecule has 16 heteroatoms. The first-order valence-electron chi connectivity index (χ1n) is 12.5. The molecule has 42 heavy (non-hydrogen) atoms. The highest BCUT2D eigenvalue weighted by atomic mass is 32.2. The fraction of sp³-hybridized carbons (Fsp3) is 0.500. The molecule has 3 rings (SSSR count). The lowest BCUT2D eigenvalue weighted by atomic mass is 9.83. The van der Waals surface area contributed by atoms with Gasteiger partial charge in [-0.25, -0.2) is 13.2 Å². The molecule has 1 amide bonds. The summed E-state index contributed by atoms with van der Waals surface area (Å²) < 4.78 is 118. The molecule has 9 nitrogen and oxygen atoms in total. The van der Waals surface area contributed by atoms with E-state index >= 15 is 0 Å². The van der Waals surface area contributed by atoms with Gasteiger partial charge < -0.3 is 9.47 Å². The van der Waals surface area contributed by atoms with Crippen molar-refractivity contribution in [2.75, 3.05) is 16.2 Å². The van der Waals surface area contributed by atoms with Crippen molar-refractivity contribution in [2.24, 2.45) is 5.41 Å². The van der Waals surface area contributed by atoms with E-state index in [1.807, 2.05) is 0 Å². The van der Waals surface area contributed by atoms with E-state index < -0.39 is 62.6 Å². The molecule has 2 heterocycles. The van der Waals surface area contributed by atoms with Crippen molar-refractivity contribution in [3.05, 3.63) is 42.2 Å². The van der Waals surface area contributed by atoms with Gasteiger partial charge in [-0.1, -0.05) is 13.8 Å². The van der Waals surface area contributed by atoms with E-state index in [1.54, 1.807) is 13.8 Å². The highest BCUT2D eigenvalue weighted by Crippen LogP contribution is 2.41. The van der Waals surface area contributed by atoms with Crippen LogP contribution in [0.2, 0.25) is 0 Å². The second-order valence-corrected chi connectivity index (χ2v) is 12.7. The molecule has 0 saturated heterocycles. The Labute approximate surface area is 238 Å². The molecule has 232 valence electrons. The molecular formula is C26H29F6N3O6S. The van der Waals surface area contributed by atoms with E-state index in [2.05, 4.69) is 15.0 Å². The highest BCUT2D eigenvalue weighted by molar-refractivity contribution is 7.92. The summed E-state index contributed by atoms with van der Waals surface area (Å²) in [5, 5.41) is 2.09. The van der Waals surface area contributed by atoms with E-state index in [9.17, 15) is 44.3 Å². The summed E-state index contributed by atoms with van der Waals surface area (Å²) in [4.78, 5) is 26.8. The van der Waals surface area contributed by atoms with Gasteiger partial charge in [0.05, 0.1) is 17.8 Å². The number of pyridine rings is 1. The number of anilines is 2. The number of sulfonamides is 1. The molecule has 0 radical (unpaired) electrons. The van der Waals surface area contributed by atoms with Crippen LogP contribution >= 0.6 is 0 Å². The Bertz CT molecular complexity index is 1460. The van der Waals surface area contributed by atoms with Gasteiger partial charge in [0.1, 0.15) is 22.5 Å². The van der Waals surface area contributed by atoms with Crippen molar-refractivity contribution < 1.29 is 53.8 Å². The first-order chi connectivity index (χ1) is 19.0. The number of nitrogens with one attached hydrogen (secondary N) is 1. The van der Waals surface area contributed by atoms with Gasteiger partial charge in [0.15, 0.2) is 0 Å². The predicted molar refractivity (Wildman–Crippen MR) is 139 cm³/mol. The van der Waals surface area contributed by atoms with E-state index in [4.69, 9.17) is 4.74 Å². The van der Waals surface area contributed by atoms with Gasteiger partial charge in [-0.2, -0.15) is 26.3 Å². The Kier molecular flexibility index (Phi) is 8.84. The number of amides is 1. The predicted octanol–water partition coefficient (Wildman–Crippen LogP) is 6.34. The number of hydrogen-bond donors (Lipinski definition) is 1. The van der Waals surface area contributed by atoms with Crippen LogP contribution in [0.4, 0.5) is 42.5 Å². The first kappa shape index (κ1) is 32.9. The van der Waals surface area contributed by atoms with E-state index in [-0.39, 0.29) is 29.3 Å². The maximum Gasteiger partial charge on any atom is 0.427 e. The highest BCUT2D eigenvalue weighted by Gasteiger charge is 2.51. The quantitative estimate of drug-likeness (QED) is 0.341. The largest absolute Gasteiger partial charge is 0.486 e. The third kappa shape index (κ3) is 7.25. The summed E-state index contributed by atoms with van der Waals surface area (Å²) in [6.07, 6.45) is -10.4. The molecule has 0 bridgehead atoms. The van der Waals surface area contributed by atoms with Gasteiger partial charge in [0.25, 0.3) is 10.0 Å². The van der Waals surface area contributed by atoms with E-state index in [1.165, 1.54) is 19.1 Å². The number of aromatic nitrogens is 1. The number of ether oxygens (including phenoxy) is 2. The first-order valence-corrected chi connectivity index (χ1v) is 13.9. The second kappa shape index (κ2) is 11.3. The van der Waals surface area contributed by atoms with Gasteiger partial charge in [0, 0.05) is 23.5 Å². The van der Waals surface area contributed by atoms with E-state index in [0.717, 1.165) is 16.6 Å². The van der Waals surface area contributed by atoms with Crippen LogP contribution in [-0.2, 0) is 25.7 Å². The summed E-state index contributed by atoms with van der Waals surface area (Å²) in [6.45, 7) is 5.69. The van der Waals surface area contributed by atoms with Crippen molar-refractivity contribution in [1.29, 1.82) is 0 Å². The summed E-state index contributed by atoms with van der Waals surface area (Å²) in [5.74, 6) is -0.153. The zero-order chi connectivity index (χ0) is 31.9. The number of halogens is 6. The normalized spacial score (nSPS) is 16.4. The van der Waals surface area contributed by atoms with Crippen LogP contribution in [0.5, 0.6) is 5.75 Å². The third-order valence-corrected chi connectivity index (χ3v) is 8.59. The number of nitrogens with zero attached hydrogens (tertiary/aromatic N) is 2. The van der Waals surface area contributed by atoms with Crippen molar-refractivity contribution in [1.82, 2.24) is 4.98 Å². The summed E-state index contributed by atoms with van der Waals surface area (Å²) in [7, 11) is -4.72. The number of Topliss-reactive ketones (excluding diaryl/α,β-unsaturated/α-hetero) is 1. The minimum atomic E-state index is -4.89. The molecule has 1 N–H and O–H groups in total. The van der Waals surface area contributed by atoms with Crippen LogP contribution in [-0.4, -0.2) is 49.7 Å².